The largest absolute Gasteiger partial charge is 0.293 e. The van der Waals surface area contributed by atoms with Gasteiger partial charge in [0, 0.05) is 16.8 Å². The zero-order valence-electron chi connectivity index (χ0n) is 7.98. The van der Waals surface area contributed by atoms with E-state index in [1.54, 1.807) is 5.38 Å². The highest BCUT2D eigenvalue weighted by molar-refractivity contribution is 9.13. The van der Waals surface area contributed by atoms with Crippen molar-refractivity contribution in [1.82, 2.24) is 0 Å². The van der Waals surface area contributed by atoms with Crippen LogP contribution in [-0.4, -0.2) is 11.7 Å². The number of hydrogen-bond acceptors (Lipinski definition) is 2. The molecule has 0 aliphatic carbocycles. The van der Waals surface area contributed by atoms with Crippen LogP contribution in [0.3, 0.4) is 0 Å². The van der Waals surface area contributed by atoms with Gasteiger partial charge in [0.1, 0.15) is 0 Å². The molecule has 1 atom stereocenters. The van der Waals surface area contributed by atoms with Crippen LogP contribution in [0.4, 0.5) is 8.78 Å². The molecule has 0 spiro atoms. The molecule has 0 fully saturated rings. The van der Waals surface area contributed by atoms with E-state index in [0.29, 0.717) is 13.8 Å². The molecule has 15 heavy (non-hydrogen) atoms. The molecule has 1 rings (SSSR count). The molecule has 0 aliphatic rings. The lowest BCUT2D eigenvalue weighted by molar-refractivity contribution is -0.0221. The Balaban J connectivity index is 3.01. The fourth-order valence-corrected chi connectivity index (χ4v) is 3.11. The Kier molecular flexibility index (Phi) is 4.06. The van der Waals surface area contributed by atoms with Gasteiger partial charge in [-0.1, -0.05) is 0 Å². The highest BCUT2D eigenvalue weighted by Gasteiger charge is 2.37. The lowest BCUT2D eigenvalue weighted by Gasteiger charge is -2.17. The molecule has 6 heteroatoms. The highest BCUT2D eigenvalue weighted by atomic mass is 79.9. The summed E-state index contributed by atoms with van der Waals surface area (Å²) >= 11 is 7.54. The molecule has 0 aliphatic heterocycles. The van der Waals surface area contributed by atoms with E-state index >= 15 is 0 Å². The number of Topliss-reactive ketones (excluding diaryl/α,β-unsaturated/α-hetero) is 1. The Morgan fingerprint density at radius 1 is 1.53 bits per heavy atom. The second kappa shape index (κ2) is 4.59. The summed E-state index contributed by atoms with van der Waals surface area (Å²) in [6, 6.07) is 0. The molecule has 0 bridgehead atoms. The summed E-state index contributed by atoms with van der Waals surface area (Å²) < 4.78 is 27.2. The van der Waals surface area contributed by atoms with E-state index in [1.165, 1.54) is 6.92 Å². The molecule has 1 nitrogen and oxygen atoms in total. The van der Waals surface area contributed by atoms with Gasteiger partial charge in [-0.05, 0) is 38.8 Å². The van der Waals surface area contributed by atoms with Gasteiger partial charge in [0.25, 0.3) is 5.92 Å². The summed E-state index contributed by atoms with van der Waals surface area (Å²) in [5, 5.41) is 1.69. The summed E-state index contributed by atoms with van der Waals surface area (Å²) in [7, 11) is 0. The average molecular weight is 362 g/mol. The quantitative estimate of drug-likeness (QED) is 0.710. The number of alkyl halides is 2. The lowest BCUT2D eigenvalue weighted by Crippen LogP contribution is -2.28. The molecule has 0 N–H and O–H groups in total. The van der Waals surface area contributed by atoms with Gasteiger partial charge < -0.3 is 0 Å². The third-order valence-corrected chi connectivity index (χ3v) is 5.61. The van der Waals surface area contributed by atoms with Crippen molar-refractivity contribution >= 4 is 49.0 Å². The fraction of sp³-hybridized carbons (Fsp3) is 0.444. The van der Waals surface area contributed by atoms with Gasteiger partial charge in [-0.2, -0.15) is 0 Å². The minimum absolute atomic E-state index is 0.330. The molecule has 0 saturated heterocycles. The predicted octanol–water partition coefficient (Wildman–Crippen LogP) is 4.75. The Morgan fingerprint density at radius 2 is 2.07 bits per heavy atom. The number of carbonyl (C=O) groups excluding carboxylic acids is 1. The maximum atomic E-state index is 12.9. The molecule has 0 amide bonds. The van der Waals surface area contributed by atoms with E-state index in [4.69, 9.17) is 0 Å². The summed E-state index contributed by atoms with van der Waals surface area (Å²) in [5.41, 5.74) is 0. The maximum absolute atomic E-state index is 12.9. The first-order valence-electron chi connectivity index (χ1n) is 4.09. The molecule has 1 unspecified atom stereocenters. The first kappa shape index (κ1) is 13.3. The second-order valence-electron chi connectivity index (χ2n) is 3.27. The zero-order valence-corrected chi connectivity index (χ0v) is 12.0. The van der Waals surface area contributed by atoms with Crippen LogP contribution in [0.1, 0.15) is 23.5 Å². The highest BCUT2D eigenvalue weighted by Crippen LogP contribution is 2.36. The molecular formula is C9H8Br2F2OS. The third-order valence-electron chi connectivity index (χ3n) is 2.07. The minimum atomic E-state index is -2.99. The number of carbonyl (C=O) groups is 1. The van der Waals surface area contributed by atoms with Gasteiger partial charge in [-0.15, -0.1) is 11.3 Å². The molecule has 0 aromatic carbocycles. The zero-order chi connectivity index (χ0) is 11.8. The third kappa shape index (κ3) is 2.85. The molecule has 0 radical (unpaired) electrons. The van der Waals surface area contributed by atoms with E-state index in [0.717, 1.165) is 18.3 Å². The molecular weight excluding hydrogens is 354 g/mol. The van der Waals surface area contributed by atoms with Gasteiger partial charge in [0.2, 0.25) is 0 Å². The number of halogens is 4. The summed E-state index contributed by atoms with van der Waals surface area (Å²) in [4.78, 5) is 12.0. The first-order chi connectivity index (χ1) is 6.75. The Labute approximate surface area is 107 Å². The Morgan fingerprint density at radius 3 is 2.40 bits per heavy atom. The van der Waals surface area contributed by atoms with Crippen molar-refractivity contribution in [2.24, 2.45) is 5.92 Å². The fourth-order valence-electron chi connectivity index (χ4n) is 0.916. The maximum Gasteiger partial charge on any atom is 0.255 e. The van der Waals surface area contributed by atoms with Crippen LogP contribution in [0.25, 0.3) is 0 Å². The van der Waals surface area contributed by atoms with Crippen molar-refractivity contribution in [2.45, 2.75) is 19.8 Å². The predicted molar refractivity (Wildman–Crippen MR) is 63.8 cm³/mol. The number of ketones is 1. The van der Waals surface area contributed by atoms with E-state index in [-0.39, 0.29) is 0 Å². The number of thiophene rings is 1. The molecule has 1 aromatic rings. The van der Waals surface area contributed by atoms with Crippen LogP contribution in [0.5, 0.6) is 0 Å². The van der Waals surface area contributed by atoms with Crippen molar-refractivity contribution in [2.75, 3.05) is 0 Å². The number of hydrogen-bond donors (Lipinski definition) is 0. The van der Waals surface area contributed by atoms with Crippen molar-refractivity contribution in [3.05, 3.63) is 19.2 Å². The van der Waals surface area contributed by atoms with E-state index in [9.17, 15) is 13.6 Å². The molecule has 84 valence electrons. The van der Waals surface area contributed by atoms with Crippen molar-refractivity contribution in [1.29, 1.82) is 0 Å². The monoisotopic (exact) mass is 360 g/mol. The number of rotatable bonds is 3. The van der Waals surface area contributed by atoms with E-state index in [1.807, 2.05) is 0 Å². The average Bonchev–Trinajstić information content (AvgIpc) is 2.44. The molecule has 1 heterocycles. The van der Waals surface area contributed by atoms with Crippen LogP contribution in [-0.2, 0) is 0 Å². The van der Waals surface area contributed by atoms with Gasteiger partial charge >= 0.3 is 0 Å². The van der Waals surface area contributed by atoms with Crippen LogP contribution < -0.4 is 0 Å². The van der Waals surface area contributed by atoms with Gasteiger partial charge in [0.05, 0.1) is 15.3 Å². The van der Waals surface area contributed by atoms with Gasteiger partial charge in [-0.3, -0.25) is 4.79 Å². The lowest BCUT2D eigenvalue weighted by atomic mass is 9.99. The van der Waals surface area contributed by atoms with Crippen molar-refractivity contribution < 1.29 is 13.6 Å². The van der Waals surface area contributed by atoms with Crippen molar-refractivity contribution in [3.63, 3.8) is 0 Å². The normalized spacial score (nSPS) is 14.0. The topological polar surface area (TPSA) is 17.1 Å². The van der Waals surface area contributed by atoms with Crippen LogP contribution in [0, 0.1) is 5.92 Å². The van der Waals surface area contributed by atoms with Crippen LogP contribution in [0.15, 0.2) is 14.3 Å². The summed E-state index contributed by atoms with van der Waals surface area (Å²) in [5.74, 6) is -4.84. The van der Waals surface area contributed by atoms with E-state index < -0.39 is 17.6 Å². The SMILES string of the molecule is CC(C(=O)c1scc(Br)c1Br)C(C)(F)F. The van der Waals surface area contributed by atoms with Crippen molar-refractivity contribution in [3.8, 4) is 0 Å². The first-order valence-corrected chi connectivity index (χ1v) is 6.56. The van der Waals surface area contributed by atoms with Crippen LogP contribution in [0.2, 0.25) is 0 Å². The Bertz CT molecular complexity index is 384. The standard InChI is InChI=1S/C9H8Br2F2OS/c1-4(9(2,12)13)7(14)8-6(11)5(10)3-15-8/h3-4H,1-2H3. The van der Waals surface area contributed by atoms with E-state index in [2.05, 4.69) is 31.9 Å². The molecule has 1 aromatic heterocycles. The second-order valence-corrected chi connectivity index (χ2v) is 5.80. The summed E-state index contributed by atoms with van der Waals surface area (Å²) in [6.45, 7) is 1.99. The minimum Gasteiger partial charge on any atom is -0.293 e. The Hall–Kier alpha value is 0.190. The van der Waals surface area contributed by atoms with Crippen LogP contribution >= 0.6 is 43.2 Å². The smallest absolute Gasteiger partial charge is 0.255 e. The van der Waals surface area contributed by atoms with Gasteiger partial charge in [0.15, 0.2) is 5.78 Å². The summed E-state index contributed by atoms with van der Waals surface area (Å²) in [6.07, 6.45) is 0. The molecule has 0 saturated carbocycles. The van der Waals surface area contributed by atoms with Gasteiger partial charge in [-0.25, -0.2) is 8.78 Å².